The van der Waals surface area contributed by atoms with E-state index >= 15 is 0 Å². The summed E-state index contributed by atoms with van der Waals surface area (Å²) in [6.07, 6.45) is 34.7. The van der Waals surface area contributed by atoms with Crippen molar-refractivity contribution in [3.63, 3.8) is 0 Å². The summed E-state index contributed by atoms with van der Waals surface area (Å²) in [5.41, 5.74) is 0. The van der Waals surface area contributed by atoms with Crippen molar-refractivity contribution in [1.82, 2.24) is 0 Å². The molecule has 0 aromatic carbocycles. The second-order valence-electron chi connectivity index (χ2n) is 9.11. The summed E-state index contributed by atoms with van der Waals surface area (Å²) >= 11 is 3.46. The summed E-state index contributed by atoms with van der Waals surface area (Å²) in [6.45, 7) is 6.86. The molecule has 0 fully saturated rings. The van der Waals surface area contributed by atoms with E-state index in [0.29, 0.717) is 0 Å². The fourth-order valence-electron chi connectivity index (χ4n) is 3.85. The summed E-state index contributed by atoms with van der Waals surface area (Å²) in [5.74, 6) is 0. The topological polar surface area (TPSA) is 0 Å². The minimum absolute atomic E-state index is 1.18. The predicted octanol–water partition coefficient (Wildman–Crippen LogP) is 11.8. The lowest BCUT2D eigenvalue weighted by Crippen LogP contribution is -1.82. The highest BCUT2D eigenvalue weighted by molar-refractivity contribution is 9.09. The van der Waals surface area contributed by atoms with E-state index in [1.54, 1.807) is 0 Å². The van der Waals surface area contributed by atoms with Gasteiger partial charge >= 0.3 is 0 Å². The quantitative estimate of drug-likeness (QED) is 0.102. The summed E-state index contributed by atoms with van der Waals surface area (Å²) in [7, 11) is 0. The van der Waals surface area contributed by atoms with Crippen molar-refractivity contribution in [2.75, 3.05) is 5.33 Å². The van der Waals surface area contributed by atoms with E-state index in [-0.39, 0.29) is 0 Å². The van der Waals surface area contributed by atoms with Gasteiger partial charge in [-0.15, -0.1) is 0 Å². The molecule has 0 saturated carbocycles. The molecule has 0 N–H and O–H groups in total. The first-order valence-corrected chi connectivity index (χ1v) is 15.0. The van der Waals surface area contributed by atoms with Crippen molar-refractivity contribution >= 4 is 15.9 Å². The molecule has 178 valence electrons. The first-order chi connectivity index (χ1) is 14.3. The predicted molar refractivity (Wildman–Crippen MR) is 142 cm³/mol. The number of alkyl halides is 1. The van der Waals surface area contributed by atoms with Crippen LogP contribution in [0, 0.1) is 0 Å². The Morgan fingerprint density at radius 2 is 0.448 bits per heavy atom. The number of hydrogen-bond acceptors (Lipinski definition) is 0. The Morgan fingerprint density at radius 3 is 0.621 bits per heavy atom. The Bertz CT molecular complexity index is 214. The van der Waals surface area contributed by atoms with Crippen molar-refractivity contribution in [1.29, 1.82) is 0 Å². The SMILES string of the molecule is CCCCCCCCCCCCBr.CCCCCCCCCCCCCCCC. The van der Waals surface area contributed by atoms with Gasteiger partial charge in [0.1, 0.15) is 0 Å². The van der Waals surface area contributed by atoms with Gasteiger partial charge in [-0.25, -0.2) is 0 Å². The van der Waals surface area contributed by atoms with Crippen LogP contribution in [0.5, 0.6) is 0 Å². The molecular formula is C28H59Br. The maximum Gasteiger partial charge on any atom is 0.00313 e. The Labute approximate surface area is 195 Å². The average molecular weight is 476 g/mol. The zero-order valence-corrected chi connectivity index (χ0v) is 22.6. The lowest BCUT2D eigenvalue weighted by Gasteiger charge is -2.02. The average Bonchev–Trinajstić information content (AvgIpc) is 2.74. The third kappa shape index (κ3) is 36.2. The summed E-state index contributed by atoms with van der Waals surface area (Å²) in [6, 6.07) is 0. The van der Waals surface area contributed by atoms with Crippen LogP contribution in [-0.4, -0.2) is 5.33 Å². The second-order valence-corrected chi connectivity index (χ2v) is 9.91. The fraction of sp³-hybridized carbons (Fsp3) is 1.00. The summed E-state index contributed by atoms with van der Waals surface area (Å²) in [5, 5.41) is 1.18. The maximum atomic E-state index is 3.46. The molecule has 0 heterocycles. The molecule has 0 aliphatic rings. The van der Waals surface area contributed by atoms with E-state index in [1.165, 1.54) is 159 Å². The smallest absolute Gasteiger partial charge is 0.00313 e. The van der Waals surface area contributed by atoms with Gasteiger partial charge < -0.3 is 0 Å². The highest BCUT2D eigenvalue weighted by atomic mass is 79.9. The molecule has 0 amide bonds. The molecular weight excluding hydrogens is 416 g/mol. The standard InChI is InChI=1S/C16H34.C12H25Br/c1-3-5-7-9-11-13-15-16-14-12-10-8-6-4-2;1-2-3-4-5-6-7-8-9-10-11-12-13/h3-16H2,1-2H3;2-12H2,1H3. The number of halogens is 1. The first-order valence-electron chi connectivity index (χ1n) is 13.9. The van der Waals surface area contributed by atoms with Gasteiger partial charge in [0.15, 0.2) is 0 Å². The Kier molecular flexibility index (Phi) is 36.2. The van der Waals surface area contributed by atoms with Crippen molar-refractivity contribution in [3.8, 4) is 0 Å². The molecule has 0 nitrogen and oxygen atoms in total. The fourth-order valence-corrected chi connectivity index (χ4v) is 4.25. The molecule has 0 aliphatic heterocycles. The van der Waals surface area contributed by atoms with Gasteiger partial charge in [0.2, 0.25) is 0 Å². The van der Waals surface area contributed by atoms with Gasteiger partial charge in [-0.3, -0.25) is 0 Å². The van der Waals surface area contributed by atoms with E-state index in [1.807, 2.05) is 0 Å². The van der Waals surface area contributed by atoms with Crippen LogP contribution < -0.4 is 0 Å². The lowest BCUT2D eigenvalue weighted by molar-refractivity contribution is 0.538. The molecule has 0 radical (unpaired) electrons. The second kappa shape index (κ2) is 33.1. The molecule has 29 heavy (non-hydrogen) atoms. The van der Waals surface area contributed by atoms with Crippen LogP contribution >= 0.6 is 15.9 Å². The van der Waals surface area contributed by atoms with Gasteiger partial charge in [-0.2, -0.15) is 0 Å². The molecule has 0 bridgehead atoms. The van der Waals surface area contributed by atoms with E-state index < -0.39 is 0 Å². The highest BCUT2D eigenvalue weighted by Crippen LogP contribution is 2.13. The normalized spacial score (nSPS) is 10.8. The largest absolute Gasteiger partial charge is 0.0928 e. The Morgan fingerprint density at radius 1 is 0.276 bits per heavy atom. The van der Waals surface area contributed by atoms with E-state index in [9.17, 15) is 0 Å². The third-order valence-electron chi connectivity index (χ3n) is 5.94. The minimum atomic E-state index is 1.18. The van der Waals surface area contributed by atoms with Crippen molar-refractivity contribution in [2.45, 2.75) is 175 Å². The molecule has 0 aromatic heterocycles. The number of hydrogen-bond donors (Lipinski definition) is 0. The third-order valence-corrected chi connectivity index (χ3v) is 6.51. The van der Waals surface area contributed by atoms with Crippen LogP contribution in [0.25, 0.3) is 0 Å². The van der Waals surface area contributed by atoms with Gasteiger partial charge in [0.05, 0.1) is 0 Å². The Balaban J connectivity index is 0. The number of unbranched alkanes of at least 4 members (excludes halogenated alkanes) is 22. The van der Waals surface area contributed by atoms with Crippen LogP contribution in [-0.2, 0) is 0 Å². The molecule has 0 rings (SSSR count). The molecule has 0 aliphatic carbocycles. The molecule has 1 heteroatoms. The zero-order chi connectivity index (χ0) is 21.7. The zero-order valence-electron chi connectivity index (χ0n) is 21.1. The van der Waals surface area contributed by atoms with Crippen molar-refractivity contribution < 1.29 is 0 Å². The monoisotopic (exact) mass is 474 g/mol. The van der Waals surface area contributed by atoms with Crippen LogP contribution in [0.4, 0.5) is 0 Å². The van der Waals surface area contributed by atoms with Crippen LogP contribution in [0.1, 0.15) is 175 Å². The highest BCUT2D eigenvalue weighted by Gasteiger charge is 1.93. The molecule has 0 spiro atoms. The van der Waals surface area contributed by atoms with E-state index in [2.05, 4.69) is 36.7 Å². The molecule has 0 saturated heterocycles. The van der Waals surface area contributed by atoms with Crippen LogP contribution in [0.3, 0.4) is 0 Å². The summed E-state index contributed by atoms with van der Waals surface area (Å²) in [4.78, 5) is 0. The van der Waals surface area contributed by atoms with E-state index in [4.69, 9.17) is 0 Å². The molecule has 0 atom stereocenters. The summed E-state index contributed by atoms with van der Waals surface area (Å²) < 4.78 is 0. The van der Waals surface area contributed by atoms with Gasteiger partial charge in [-0.1, -0.05) is 184 Å². The van der Waals surface area contributed by atoms with E-state index in [0.717, 1.165) is 0 Å². The molecule has 0 aromatic rings. The van der Waals surface area contributed by atoms with Gasteiger partial charge in [0, 0.05) is 5.33 Å². The first kappa shape index (κ1) is 31.7. The van der Waals surface area contributed by atoms with Gasteiger partial charge in [0.25, 0.3) is 0 Å². The van der Waals surface area contributed by atoms with Crippen molar-refractivity contribution in [2.24, 2.45) is 0 Å². The number of rotatable bonds is 23. The maximum absolute atomic E-state index is 3.46. The van der Waals surface area contributed by atoms with Crippen LogP contribution in [0.15, 0.2) is 0 Å². The van der Waals surface area contributed by atoms with Crippen molar-refractivity contribution in [3.05, 3.63) is 0 Å². The Hall–Kier alpha value is 0.480. The van der Waals surface area contributed by atoms with Crippen LogP contribution in [0.2, 0.25) is 0 Å². The minimum Gasteiger partial charge on any atom is -0.0928 e. The molecule has 0 unspecified atom stereocenters. The van der Waals surface area contributed by atoms with Gasteiger partial charge in [-0.05, 0) is 6.42 Å². The lowest BCUT2D eigenvalue weighted by atomic mass is 10.0.